The number of hydrogen-bond acceptors (Lipinski definition) is 4. The summed E-state index contributed by atoms with van der Waals surface area (Å²) in [6, 6.07) is 8.10. The van der Waals surface area contributed by atoms with Crippen molar-refractivity contribution in [3.05, 3.63) is 62.2 Å². The zero-order valence-corrected chi connectivity index (χ0v) is 14.8. The van der Waals surface area contributed by atoms with E-state index < -0.39 is 5.82 Å². The molecule has 0 bridgehead atoms. The molecule has 0 heterocycles. The number of halogens is 4. The SMILES string of the molecule is NSc1cc(Cl)c(F)cc1NS/C=C/c1ccc(Cl)c(Cl)c1. The van der Waals surface area contributed by atoms with E-state index in [9.17, 15) is 4.39 Å². The van der Waals surface area contributed by atoms with Gasteiger partial charge in [-0.1, -0.05) is 40.9 Å². The molecule has 0 aromatic heterocycles. The van der Waals surface area contributed by atoms with Gasteiger partial charge in [0.1, 0.15) is 5.82 Å². The molecule has 0 radical (unpaired) electrons. The van der Waals surface area contributed by atoms with Crippen molar-refractivity contribution in [3.8, 4) is 0 Å². The minimum Gasteiger partial charge on any atom is -0.325 e. The van der Waals surface area contributed by atoms with Crippen LogP contribution in [0.5, 0.6) is 0 Å². The largest absolute Gasteiger partial charge is 0.325 e. The van der Waals surface area contributed by atoms with Gasteiger partial charge in [0, 0.05) is 11.0 Å². The number of hydrogen-bond donors (Lipinski definition) is 2. The zero-order chi connectivity index (χ0) is 16.1. The van der Waals surface area contributed by atoms with Crippen LogP contribution in [0, 0.1) is 5.82 Å². The first-order valence-electron chi connectivity index (χ1n) is 5.90. The minimum absolute atomic E-state index is 0.0369. The lowest BCUT2D eigenvalue weighted by molar-refractivity contribution is 0.628. The molecule has 0 saturated heterocycles. The number of benzene rings is 2. The van der Waals surface area contributed by atoms with Gasteiger partial charge in [-0.3, -0.25) is 5.14 Å². The van der Waals surface area contributed by atoms with Crippen molar-refractivity contribution in [2.24, 2.45) is 5.14 Å². The Morgan fingerprint density at radius 3 is 2.50 bits per heavy atom. The van der Waals surface area contributed by atoms with E-state index in [4.69, 9.17) is 39.9 Å². The summed E-state index contributed by atoms with van der Waals surface area (Å²) in [6.07, 6.45) is 1.85. The van der Waals surface area contributed by atoms with Crippen molar-refractivity contribution in [2.75, 3.05) is 4.72 Å². The third-order valence-corrected chi connectivity index (χ3v) is 4.82. The Balaban J connectivity index is 2.03. The van der Waals surface area contributed by atoms with Crippen LogP contribution in [0.25, 0.3) is 6.08 Å². The van der Waals surface area contributed by atoms with Gasteiger partial charge in [0.15, 0.2) is 0 Å². The Hall–Kier alpha value is -0.560. The zero-order valence-electron chi connectivity index (χ0n) is 10.9. The van der Waals surface area contributed by atoms with Crippen molar-refractivity contribution >= 4 is 70.5 Å². The van der Waals surface area contributed by atoms with Gasteiger partial charge in [-0.15, -0.1) is 0 Å². The Bertz CT molecular complexity index is 711. The van der Waals surface area contributed by atoms with Crippen LogP contribution in [0.4, 0.5) is 10.1 Å². The Morgan fingerprint density at radius 2 is 1.82 bits per heavy atom. The summed E-state index contributed by atoms with van der Waals surface area (Å²) >= 11 is 19.8. The van der Waals surface area contributed by atoms with Crippen molar-refractivity contribution in [1.82, 2.24) is 0 Å². The normalized spacial score (nSPS) is 11.1. The van der Waals surface area contributed by atoms with Crippen molar-refractivity contribution in [2.45, 2.75) is 4.90 Å². The fourth-order valence-corrected chi connectivity index (χ4v) is 3.14. The summed E-state index contributed by atoms with van der Waals surface area (Å²) in [4.78, 5) is 0.654. The Morgan fingerprint density at radius 1 is 1.05 bits per heavy atom. The first kappa shape index (κ1) is 17.8. The highest BCUT2D eigenvalue weighted by Crippen LogP contribution is 2.31. The molecule has 0 atom stereocenters. The molecule has 0 amide bonds. The van der Waals surface area contributed by atoms with Gasteiger partial charge >= 0.3 is 0 Å². The maximum absolute atomic E-state index is 13.5. The molecule has 2 aromatic rings. The number of nitrogens with one attached hydrogen (secondary N) is 1. The average Bonchev–Trinajstić information content (AvgIpc) is 2.50. The average molecular weight is 396 g/mol. The molecule has 116 valence electrons. The summed E-state index contributed by atoms with van der Waals surface area (Å²) < 4.78 is 16.5. The molecule has 0 aliphatic heterocycles. The van der Waals surface area contributed by atoms with Gasteiger partial charge < -0.3 is 4.72 Å². The highest BCUT2D eigenvalue weighted by atomic mass is 35.5. The van der Waals surface area contributed by atoms with Gasteiger partial charge in [-0.05, 0) is 59.1 Å². The molecule has 0 aliphatic carbocycles. The first-order valence-corrected chi connectivity index (χ1v) is 8.79. The van der Waals surface area contributed by atoms with Crippen LogP contribution in [-0.2, 0) is 0 Å². The van der Waals surface area contributed by atoms with E-state index in [1.165, 1.54) is 24.1 Å². The number of nitrogens with two attached hydrogens (primary N) is 1. The van der Waals surface area contributed by atoms with Crippen LogP contribution >= 0.6 is 58.7 Å². The van der Waals surface area contributed by atoms with E-state index in [-0.39, 0.29) is 5.02 Å². The first-order chi connectivity index (χ1) is 10.5. The van der Waals surface area contributed by atoms with Gasteiger partial charge in [-0.25, -0.2) is 4.39 Å². The van der Waals surface area contributed by atoms with Gasteiger partial charge in [-0.2, -0.15) is 0 Å². The predicted molar refractivity (Wildman–Crippen MR) is 98.2 cm³/mol. The molecule has 0 spiro atoms. The maximum atomic E-state index is 13.5. The standard InChI is InChI=1S/C14H10Cl3FN2S2/c15-9-2-1-8(5-10(9)16)3-4-21-20-13-7-12(18)11(17)6-14(13)22-19/h1-7,20H,19H2/b4-3+. The lowest BCUT2D eigenvalue weighted by Gasteiger charge is -2.08. The lowest BCUT2D eigenvalue weighted by Crippen LogP contribution is -1.92. The molecule has 0 unspecified atom stereocenters. The highest BCUT2D eigenvalue weighted by Gasteiger charge is 2.08. The molecule has 22 heavy (non-hydrogen) atoms. The molecule has 2 aromatic carbocycles. The molecule has 8 heteroatoms. The molecule has 2 rings (SSSR count). The predicted octanol–water partition coefficient (Wildman–Crippen LogP) is 6.48. The molecule has 3 N–H and O–H groups in total. The van der Waals surface area contributed by atoms with E-state index >= 15 is 0 Å². The summed E-state index contributed by atoms with van der Waals surface area (Å²) in [5, 5.41) is 8.37. The number of rotatable bonds is 5. The molecule has 0 saturated carbocycles. The molecule has 0 aliphatic rings. The van der Waals surface area contributed by atoms with E-state index in [1.54, 1.807) is 17.5 Å². The van der Waals surface area contributed by atoms with Crippen LogP contribution < -0.4 is 9.86 Å². The fourth-order valence-electron chi connectivity index (χ4n) is 1.53. The summed E-state index contributed by atoms with van der Waals surface area (Å²) in [7, 11) is 0. The third-order valence-electron chi connectivity index (χ3n) is 2.59. The van der Waals surface area contributed by atoms with Crippen molar-refractivity contribution < 1.29 is 4.39 Å². The minimum atomic E-state index is -0.504. The van der Waals surface area contributed by atoms with Gasteiger partial charge in [0.05, 0.1) is 20.8 Å². The van der Waals surface area contributed by atoms with Crippen molar-refractivity contribution in [1.29, 1.82) is 0 Å². The van der Waals surface area contributed by atoms with Crippen LogP contribution in [0.1, 0.15) is 5.56 Å². The van der Waals surface area contributed by atoms with Gasteiger partial charge in [0.25, 0.3) is 0 Å². The second-order valence-electron chi connectivity index (χ2n) is 4.08. The second-order valence-corrected chi connectivity index (χ2v) is 6.69. The van der Waals surface area contributed by atoms with Crippen LogP contribution in [0.2, 0.25) is 15.1 Å². The van der Waals surface area contributed by atoms with E-state index in [0.717, 1.165) is 17.5 Å². The molecule has 0 fully saturated rings. The summed E-state index contributed by atoms with van der Waals surface area (Å²) in [5.74, 6) is -0.504. The summed E-state index contributed by atoms with van der Waals surface area (Å²) in [5.41, 5.74) is 1.46. The second kappa shape index (κ2) is 8.34. The van der Waals surface area contributed by atoms with Crippen LogP contribution in [0.15, 0.2) is 40.6 Å². The molecular weight excluding hydrogens is 386 g/mol. The monoisotopic (exact) mass is 394 g/mol. The fraction of sp³-hybridized carbons (Fsp3) is 0. The quantitative estimate of drug-likeness (QED) is 0.568. The smallest absolute Gasteiger partial charge is 0.143 e. The van der Waals surface area contributed by atoms with Gasteiger partial charge in [0.2, 0.25) is 0 Å². The van der Waals surface area contributed by atoms with Crippen molar-refractivity contribution in [3.63, 3.8) is 0 Å². The molecular formula is C14H10Cl3FN2S2. The summed E-state index contributed by atoms with van der Waals surface area (Å²) in [6.45, 7) is 0. The highest BCUT2D eigenvalue weighted by molar-refractivity contribution is 8.03. The Labute approximate surface area is 151 Å². The van der Waals surface area contributed by atoms with E-state index in [1.807, 2.05) is 12.1 Å². The van der Waals surface area contributed by atoms with E-state index in [0.29, 0.717) is 20.6 Å². The lowest BCUT2D eigenvalue weighted by atomic mass is 10.2. The maximum Gasteiger partial charge on any atom is 0.143 e. The Kier molecular flexibility index (Phi) is 6.74. The molecule has 2 nitrogen and oxygen atoms in total. The topological polar surface area (TPSA) is 38.0 Å². The van der Waals surface area contributed by atoms with Crippen LogP contribution in [0.3, 0.4) is 0 Å². The van der Waals surface area contributed by atoms with Crippen LogP contribution in [-0.4, -0.2) is 0 Å². The van der Waals surface area contributed by atoms with E-state index in [2.05, 4.69) is 4.72 Å². The number of anilines is 1. The third kappa shape index (κ3) is 4.72.